The Morgan fingerprint density at radius 1 is 1.35 bits per heavy atom. The van der Waals surface area contributed by atoms with Gasteiger partial charge in [0.25, 0.3) is 0 Å². The van der Waals surface area contributed by atoms with Crippen LogP contribution < -0.4 is 5.73 Å². The van der Waals surface area contributed by atoms with Crippen molar-refractivity contribution in [2.24, 2.45) is 0 Å². The maximum absolute atomic E-state index is 5.95. The number of halogens is 1. The molecule has 0 saturated carbocycles. The smallest absolute Gasteiger partial charge is 0.0535 e. The van der Waals surface area contributed by atoms with Gasteiger partial charge in [-0.1, -0.05) is 22.0 Å². The number of pyridine rings is 1. The normalized spacial score (nSPS) is 10.5. The van der Waals surface area contributed by atoms with Gasteiger partial charge < -0.3 is 5.73 Å². The third-order valence-corrected chi connectivity index (χ3v) is 4.05. The summed E-state index contributed by atoms with van der Waals surface area (Å²) in [6, 6.07) is 9.99. The first-order valence-corrected chi connectivity index (χ1v) is 7.03. The van der Waals surface area contributed by atoms with Crippen molar-refractivity contribution in [1.82, 2.24) is 4.98 Å². The first kappa shape index (κ1) is 12.5. The molecular weight excluding hydrogens is 296 g/mol. The van der Waals surface area contributed by atoms with Crippen molar-refractivity contribution in [3.05, 3.63) is 52.3 Å². The Bertz CT molecular complexity index is 529. The Balaban J connectivity index is 2.10. The minimum atomic E-state index is 0.804. The van der Waals surface area contributed by atoms with Gasteiger partial charge in [0.15, 0.2) is 0 Å². The molecule has 0 aliphatic rings. The van der Waals surface area contributed by atoms with E-state index in [1.54, 1.807) is 11.8 Å². The SMILES string of the molecule is Cc1cccnc1CSc1ccc(Br)cc1N. The van der Waals surface area contributed by atoms with Gasteiger partial charge in [-0.3, -0.25) is 4.98 Å². The first-order chi connectivity index (χ1) is 8.16. The molecule has 4 heteroatoms. The highest BCUT2D eigenvalue weighted by Crippen LogP contribution is 2.30. The molecule has 0 saturated heterocycles. The van der Waals surface area contributed by atoms with Crippen molar-refractivity contribution >= 4 is 33.4 Å². The molecule has 2 rings (SSSR count). The largest absolute Gasteiger partial charge is 0.398 e. The van der Waals surface area contributed by atoms with E-state index in [9.17, 15) is 0 Å². The van der Waals surface area contributed by atoms with Gasteiger partial charge in [-0.25, -0.2) is 0 Å². The molecule has 0 fully saturated rings. The van der Waals surface area contributed by atoms with Gasteiger partial charge in [0.05, 0.1) is 5.69 Å². The fourth-order valence-electron chi connectivity index (χ4n) is 1.47. The molecule has 0 amide bonds. The van der Waals surface area contributed by atoms with Crippen LogP contribution in [0.2, 0.25) is 0 Å². The summed E-state index contributed by atoms with van der Waals surface area (Å²) in [5.74, 6) is 0.846. The second-order valence-electron chi connectivity index (χ2n) is 3.74. The number of benzene rings is 1. The number of nitrogens with zero attached hydrogens (tertiary/aromatic N) is 1. The van der Waals surface area contributed by atoms with Crippen molar-refractivity contribution in [2.75, 3.05) is 5.73 Å². The Morgan fingerprint density at radius 2 is 2.18 bits per heavy atom. The lowest BCUT2D eigenvalue weighted by atomic mass is 10.2. The van der Waals surface area contributed by atoms with Crippen LogP contribution in [0, 0.1) is 6.92 Å². The summed E-state index contributed by atoms with van der Waals surface area (Å²) < 4.78 is 1.01. The lowest BCUT2D eigenvalue weighted by Crippen LogP contribution is -1.92. The number of rotatable bonds is 3. The zero-order chi connectivity index (χ0) is 12.3. The van der Waals surface area contributed by atoms with E-state index in [0.29, 0.717) is 0 Å². The molecule has 1 aromatic carbocycles. The molecule has 0 bridgehead atoms. The van der Waals surface area contributed by atoms with Crippen molar-refractivity contribution < 1.29 is 0 Å². The Morgan fingerprint density at radius 3 is 2.88 bits per heavy atom. The summed E-state index contributed by atoms with van der Waals surface area (Å²) in [7, 11) is 0. The number of nitrogens with two attached hydrogens (primary N) is 1. The molecular formula is C13H13BrN2S. The monoisotopic (exact) mass is 308 g/mol. The number of hydrogen-bond acceptors (Lipinski definition) is 3. The Hall–Kier alpha value is -1.00. The molecule has 88 valence electrons. The maximum atomic E-state index is 5.95. The van der Waals surface area contributed by atoms with Crippen LogP contribution >= 0.6 is 27.7 Å². The minimum Gasteiger partial charge on any atom is -0.398 e. The van der Waals surface area contributed by atoms with Crippen LogP contribution in [-0.2, 0) is 5.75 Å². The molecule has 1 aromatic heterocycles. The predicted octanol–water partition coefficient (Wildman–Crippen LogP) is 4.03. The first-order valence-electron chi connectivity index (χ1n) is 5.25. The standard InChI is InChI=1S/C13H13BrN2S/c1-9-3-2-6-16-12(9)8-17-13-5-4-10(14)7-11(13)15/h2-7H,8,15H2,1H3. The molecule has 2 nitrogen and oxygen atoms in total. The van der Waals surface area contributed by atoms with E-state index in [-0.39, 0.29) is 0 Å². The number of aromatic nitrogens is 1. The van der Waals surface area contributed by atoms with Crippen molar-refractivity contribution in [1.29, 1.82) is 0 Å². The summed E-state index contributed by atoms with van der Waals surface area (Å²) in [6.45, 7) is 2.08. The summed E-state index contributed by atoms with van der Waals surface area (Å²) in [4.78, 5) is 5.47. The average molecular weight is 309 g/mol. The van der Waals surface area contributed by atoms with Gasteiger partial charge in [0.2, 0.25) is 0 Å². The highest BCUT2D eigenvalue weighted by molar-refractivity contribution is 9.10. The lowest BCUT2D eigenvalue weighted by molar-refractivity contribution is 1.13. The highest BCUT2D eigenvalue weighted by atomic mass is 79.9. The molecule has 0 atom stereocenters. The summed E-state index contributed by atoms with van der Waals surface area (Å²) in [5, 5.41) is 0. The predicted molar refractivity (Wildman–Crippen MR) is 77.1 cm³/mol. The van der Waals surface area contributed by atoms with Crippen LogP contribution in [0.15, 0.2) is 45.9 Å². The quantitative estimate of drug-likeness (QED) is 0.687. The van der Waals surface area contributed by atoms with Crippen LogP contribution in [-0.4, -0.2) is 4.98 Å². The van der Waals surface area contributed by atoms with Crippen molar-refractivity contribution in [3.8, 4) is 0 Å². The molecule has 0 aliphatic carbocycles. The third kappa shape index (κ3) is 3.23. The topological polar surface area (TPSA) is 38.9 Å². The average Bonchev–Trinajstić information content (AvgIpc) is 2.30. The number of nitrogen functional groups attached to an aromatic ring is 1. The van der Waals surface area contributed by atoms with E-state index < -0.39 is 0 Å². The zero-order valence-corrected chi connectivity index (χ0v) is 11.9. The van der Waals surface area contributed by atoms with Gasteiger partial charge in [-0.2, -0.15) is 0 Å². The van der Waals surface area contributed by atoms with Crippen molar-refractivity contribution in [3.63, 3.8) is 0 Å². The third-order valence-electron chi connectivity index (χ3n) is 2.45. The van der Waals surface area contributed by atoms with E-state index in [2.05, 4.69) is 33.9 Å². The fourth-order valence-corrected chi connectivity index (χ4v) is 2.83. The van der Waals surface area contributed by atoms with Gasteiger partial charge in [0.1, 0.15) is 0 Å². The number of thioether (sulfide) groups is 1. The highest BCUT2D eigenvalue weighted by Gasteiger charge is 2.03. The van der Waals surface area contributed by atoms with Gasteiger partial charge in [-0.15, -0.1) is 11.8 Å². The van der Waals surface area contributed by atoms with E-state index in [1.807, 2.05) is 30.5 Å². The van der Waals surface area contributed by atoms with Gasteiger partial charge in [-0.05, 0) is 36.8 Å². The van der Waals surface area contributed by atoms with Crippen molar-refractivity contribution in [2.45, 2.75) is 17.6 Å². The second kappa shape index (κ2) is 5.56. The zero-order valence-electron chi connectivity index (χ0n) is 9.48. The molecule has 1 heterocycles. The summed E-state index contributed by atoms with van der Waals surface area (Å²) in [5.41, 5.74) is 9.09. The van der Waals surface area contributed by atoms with Gasteiger partial charge >= 0.3 is 0 Å². The molecule has 17 heavy (non-hydrogen) atoms. The second-order valence-corrected chi connectivity index (χ2v) is 5.67. The van der Waals surface area contributed by atoms with Crippen LogP contribution in [0.25, 0.3) is 0 Å². The Labute approximate surface area is 114 Å². The molecule has 2 N–H and O–H groups in total. The number of aryl methyl sites for hydroxylation is 1. The Kier molecular flexibility index (Phi) is 4.07. The van der Waals surface area contributed by atoms with E-state index in [1.165, 1.54) is 5.56 Å². The van der Waals surface area contributed by atoms with Crippen LogP contribution in [0.4, 0.5) is 5.69 Å². The summed E-state index contributed by atoms with van der Waals surface area (Å²) >= 11 is 5.12. The number of anilines is 1. The van der Waals surface area contributed by atoms with E-state index in [0.717, 1.165) is 26.5 Å². The molecule has 2 aromatic rings. The fraction of sp³-hybridized carbons (Fsp3) is 0.154. The molecule has 0 aliphatic heterocycles. The molecule has 0 unspecified atom stereocenters. The summed E-state index contributed by atoms with van der Waals surface area (Å²) in [6.07, 6.45) is 1.83. The van der Waals surface area contributed by atoms with Crippen LogP contribution in [0.1, 0.15) is 11.3 Å². The minimum absolute atomic E-state index is 0.804. The van der Waals surface area contributed by atoms with Gasteiger partial charge in [0, 0.05) is 27.0 Å². The maximum Gasteiger partial charge on any atom is 0.0535 e. The van der Waals surface area contributed by atoms with E-state index >= 15 is 0 Å². The number of hydrogen-bond donors (Lipinski definition) is 1. The van der Waals surface area contributed by atoms with Crippen LogP contribution in [0.5, 0.6) is 0 Å². The molecule has 0 spiro atoms. The lowest BCUT2D eigenvalue weighted by Gasteiger charge is -2.07. The molecule has 0 radical (unpaired) electrons. The van der Waals surface area contributed by atoms with Crippen LogP contribution in [0.3, 0.4) is 0 Å². The van der Waals surface area contributed by atoms with E-state index in [4.69, 9.17) is 5.73 Å².